The number of carboxylic acids is 1. The van der Waals surface area contributed by atoms with E-state index in [1.807, 2.05) is 42.6 Å². The van der Waals surface area contributed by atoms with Crippen LogP contribution < -0.4 is 5.69 Å². The largest absolute Gasteiger partial charge is 0.481 e. The Kier molecular flexibility index (Phi) is 6.26. The summed E-state index contributed by atoms with van der Waals surface area (Å²) in [7, 11) is 0. The third-order valence-electron chi connectivity index (χ3n) is 6.72. The highest BCUT2D eigenvalue weighted by Gasteiger charge is 2.39. The zero-order valence-electron chi connectivity index (χ0n) is 19.5. The second kappa shape index (κ2) is 9.65. The van der Waals surface area contributed by atoms with Gasteiger partial charge in [-0.3, -0.25) is 18.9 Å². The zero-order valence-corrected chi connectivity index (χ0v) is 19.5. The Morgan fingerprint density at radius 2 is 2.00 bits per heavy atom. The van der Waals surface area contributed by atoms with Crippen LogP contribution in [0, 0.1) is 5.92 Å². The molecule has 0 aliphatic heterocycles. The SMILES string of the molecule is CCCCc1cn(C2CCC2C(=O)O)c(=O)n1Cc1cc(-c2cccc(-c3nn[nH]n3)c2)ccn1. The Hall–Kier alpha value is -4.08. The van der Waals surface area contributed by atoms with Gasteiger partial charge < -0.3 is 5.11 Å². The number of rotatable bonds is 9. The van der Waals surface area contributed by atoms with E-state index in [-0.39, 0.29) is 11.7 Å². The van der Waals surface area contributed by atoms with Crippen molar-refractivity contribution in [1.82, 2.24) is 34.7 Å². The van der Waals surface area contributed by atoms with Gasteiger partial charge in [0.15, 0.2) is 0 Å². The molecule has 5 rings (SSSR count). The minimum absolute atomic E-state index is 0.168. The Labute approximate surface area is 201 Å². The van der Waals surface area contributed by atoms with Crippen LogP contribution in [-0.4, -0.2) is 45.8 Å². The van der Waals surface area contributed by atoms with Crippen LogP contribution in [0.1, 0.15) is 50.0 Å². The minimum Gasteiger partial charge on any atom is -0.481 e. The van der Waals surface area contributed by atoms with Crippen LogP contribution in [0.3, 0.4) is 0 Å². The molecular formula is C25H27N7O3. The summed E-state index contributed by atoms with van der Waals surface area (Å²) in [5.41, 5.74) is 4.29. The van der Waals surface area contributed by atoms with E-state index in [1.165, 1.54) is 0 Å². The van der Waals surface area contributed by atoms with Gasteiger partial charge in [0, 0.05) is 23.7 Å². The smallest absolute Gasteiger partial charge is 0.328 e. The fraction of sp³-hybridized carbons (Fsp3) is 0.360. The van der Waals surface area contributed by atoms with Crippen molar-refractivity contribution < 1.29 is 9.90 Å². The summed E-state index contributed by atoms with van der Waals surface area (Å²) in [6.45, 7) is 2.44. The lowest BCUT2D eigenvalue weighted by atomic mass is 9.79. The summed E-state index contributed by atoms with van der Waals surface area (Å²) in [5, 5.41) is 23.7. The first-order valence-electron chi connectivity index (χ1n) is 11.9. The van der Waals surface area contributed by atoms with E-state index in [4.69, 9.17) is 0 Å². The van der Waals surface area contributed by atoms with Gasteiger partial charge in [-0.25, -0.2) is 4.79 Å². The van der Waals surface area contributed by atoms with Gasteiger partial charge in [0.2, 0.25) is 5.82 Å². The van der Waals surface area contributed by atoms with E-state index in [0.29, 0.717) is 25.2 Å². The Bertz CT molecular complexity index is 1390. The van der Waals surface area contributed by atoms with Gasteiger partial charge in [-0.2, -0.15) is 5.21 Å². The lowest BCUT2D eigenvalue weighted by Gasteiger charge is -2.33. The van der Waals surface area contributed by atoms with Crippen molar-refractivity contribution in [1.29, 1.82) is 0 Å². The minimum atomic E-state index is -0.839. The van der Waals surface area contributed by atoms with Gasteiger partial charge in [-0.15, -0.1) is 10.2 Å². The third-order valence-corrected chi connectivity index (χ3v) is 6.72. The van der Waals surface area contributed by atoms with Gasteiger partial charge >= 0.3 is 11.7 Å². The number of hydrogen-bond donors (Lipinski definition) is 2. The molecule has 2 unspecified atom stereocenters. The molecular weight excluding hydrogens is 446 g/mol. The number of aromatic amines is 1. The fourth-order valence-electron chi connectivity index (χ4n) is 4.64. The number of carbonyl (C=O) groups is 1. The van der Waals surface area contributed by atoms with E-state index in [1.54, 1.807) is 15.3 Å². The normalized spacial score (nSPS) is 17.3. The number of unbranched alkanes of at least 4 members (excludes halogenated alkanes) is 1. The molecule has 0 saturated heterocycles. The van der Waals surface area contributed by atoms with Crippen LogP contribution in [0.25, 0.3) is 22.5 Å². The summed E-state index contributed by atoms with van der Waals surface area (Å²) >= 11 is 0. The zero-order chi connectivity index (χ0) is 24.4. The molecule has 3 heterocycles. The second-order valence-corrected chi connectivity index (χ2v) is 8.94. The number of aryl methyl sites for hydroxylation is 1. The highest BCUT2D eigenvalue weighted by atomic mass is 16.4. The van der Waals surface area contributed by atoms with Crippen molar-refractivity contribution in [2.45, 2.75) is 51.6 Å². The van der Waals surface area contributed by atoms with Crippen LogP contribution >= 0.6 is 0 Å². The number of imidazole rings is 1. The summed E-state index contributed by atoms with van der Waals surface area (Å²) in [5.74, 6) is -0.825. The number of tetrazole rings is 1. The number of benzene rings is 1. The number of nitrogens with zero attached hydrogens (tertiary/aromatic N) is 6. The Balaban J connectivity index is 1.46. The molecule has 0 spiro atoms. The number of aliphatic carboxylic acids is 1. The van der Waals surface area contributed by atoms with Crippen LogP contribution in [-0.2, 0) is 17.8 Å². The molecule has 180 valence electrons. The summed E-state index contributed by atoms with van der Waals surface area (Å²) in [6, 6.07) is 11.5. The predicted octanol–water partition coefficient (Wildman–Crippen LogP) is 3.32. The molecule has 2 N–H and O–H groups in total. The van der Waals surface area contributed by atoms with Crippen LogP contribution in [0.15, 0.2) is 53.6 Å². The maximum absolute atomic E-state index is 13.4. The molecule has 1 saturated carbocycles. The van der Waals surface area contributed by atoms with Gasteiger partial charge in [0.1, 0.15) is 0 Å². The molecule has 4 aromatic rings. The van der Waals surface area contributed by atoms with Crippen molar-refractivity contribution in [2.24, 2.45) is 5.92 Å². The van der Waals surface area contributed by atoms with Crippen molar-refractivity contribution in [3.8, 4) is 22.5 Å². The number of nitrogens with one attached hydrogen (secondary N) is 1. The number of hydrogen-bond acceptors (Lipinski definition) is 6. The van der Waals surface area contributed by atoms with Gasteiger partial charge in [0.25, 0.3) is 0 Å². The number of H-pyrrole nitrogens is 1. The van der Waals surface area contributed by atoms with Crippen LogP contribution in [0.4, 0.5) is 0 Å². The maximum Gasteiger partial charge on any atom is 0.328 e. The van der Waals surface area contributed by atoms with Crippen molar-refractivity contribution in [3.63, 3.8) is 0 Å². The fourth-order valence-corrected chi connectivity index (χ4v) is 4.64. The van der Waals surface area contributed by atoms with Gasteiger partial charge in [-0.1, -0.05) is 31.5 Å². The molecule has 1 aromatic carbocycles. The molecule has 35 heavy (non-hydrogen) atoms. The van der Waals surface area contributed by atoms with Crippen molar-refractivity contribution in [2.75, 3.05) is 0 Å². The maximum atomic E-state index is 13.4. The van der Waals surface area contributed by atoms with Crippen molar-refractivity contribution in [3.05, 3.63) is 70.7 Å². The predicted molar refractivity (Wildman–Crippen MR) is 129 cm³/mol. The lowest BCUT2D eigenvalue weighted by molar-refractivity contribution is -0.147. The van der Waals surface area contributed by atoms with Crippen LogP contribution in [0.2, 0.25) is 0 Å². The first kappa shape index (κ1) is 22.7. The Morgan fingerprint density at radius 1 is 1.17 bits per heavy atom. The number of aromatic nitrogens is 7. The first-order valence-corrected chi connectivity index (χ1v) is 11.9. The molecule has 10 nitrogen and oxygen atoms in total. The average molecular weight is 474 g/mol. The summed E-state index contributed by atoms with van der Waals surface area (Å²) in [4.78, 5) is 29.5. The monoisotopic (exact) mass is 473 g/mol. The molecule has 1 aliphatic rings. The van der Waals surface area contributed by atoms with E-state index in [9.17, 15) is 14.7 Å². The molecule has 0 bridgehead atoms. The third kappa shape index (κ3) is 4.51. The highest BCUT2D eigenvalue weighted by molar-refractivity contribution is 5.72. The van der Waals surface area contributed by atoms with Gasteiger partial charge in [-0.05, 0) is 60.2 Å². The van der Waals surface area contributed by atoms with E-state index >= 15 is 0 Å². The molecule has 10 heteroatoms. The van der Waals surface area contributed by atoms with Crippen molar-refractivity contribution >= 4 is 5.97 Å². The molecule has 1 aliphatic carbocycles. The summed E-state index contributed by atoms with van der Waals surface area (Å²) < 4.78 is 3.38. The van der Waals surface area contributed by atoms with E-state index < -0.39 is 11.9 Å². The van der Waals surface area contributed by atoms with Gasteiger partial charge in [0.05, 0.1) is 24.2 Å². The van der Waals surface area contributed by atoms with E-state index in [0.717, 1.165) is 47.3 Å². The van der Waals surface area contributed by atoms with Crippen LogP contribution in [0.5, 0.6) is 0 Å². The molecule has 1 fully saturated rings. The Morgan fingerprint density at radius 3 is 2.71 bits per heavy atom. The lowest BCUT2D eigenvalue weighted by Crippen LogP contribution is -2.40. The molecule has 2 atom stereocenters. The average Bonchev–Trinajstić information content (AvgIpc) is 3.47. The molecule has 0 amide bonds. The quantitative estimate of drug-likeness (QED) is 0.381. The number of pyridine rings is 1. The second-order valence-electron chi connectivity index (χ2n) is 8.94. The standard InChI is InChI=1S/C25H27N7O3/c1-2-3-7-20-15-32(22-9-8-21(22)24(33)34)25(35)31(20)14-19-13-17(10-11-26-19)16-5-4-6-18(12-16)23-27-29-30-28-23/h4-6,10-13,15,21-22H,2-3,7-9,14H2,1H3,(H,33,34)(H,27,28,29,30). The summed E-state index contributed by atoms with van der Waals surface area (Å²) in [6.07, 6.45) is 7.63. The highest BCUT2D eigenvalue weighted by Crippen LogP contribution is 2.38. The first-order chi connectivity index (χ1) is 17.0. The molecule has 0 radical (unpaired) electrons. The van der Waals surface area contributed by atoms with E-state index in [2.05, 4.69) is 32.5 Å². The number of carboxylic acid groups (broad SMARTS) is 1. The topological polar surface area (TPSA) is 132 Å². The molecule has 3 aromatic heterocycles.